The number of fused-ring (bicyclic) bond motifs is 1. The van der Waals surface area contributed by atoms with Crippen LogP contribution >= 0.6 is 23.1 Å². The van der Waals surface area contributed by atoms with Crippen molar-refractivity contribution in [2.75, 3.05) is 30.5 Å². The number of thiazole rings is 1. The Kier molecular flexibility index (Phi) is 8.06. The van der Waals surface area contributed by atoms with E-state index >= 15 is 0 Å². The van der Waals surface area contributed by atoms with Crippen molar-refractivity contribution in [1.82, 2.24) is 9.72 Å². The van der Waals surface area contributed by atoms with Crippen molar-refractivity contribution in [2.45, 2.75) is 20.4 Å². The molecule has 1 aromatic carbocycles. The normalized spacial score (nSPS) is 11.5. The van der Waals surface area contributed by atoms with E-state index in [1.807, 2.05) is 6.07 Å². The fraction of sp³-hybridized carbons (Fsp3) is 0.350. The van der Waals surface area contributed by atoms with Crippen molar-refractivity contribution in [2.24, 2.45) is 4.99 Å². The van der Waals surface area contributed by atoms with E-state index in [1.54, 1.807) is 43.7 Å². The van der Waals surface area contributed by atoms with Crippen molar-refractivity contribution in [1.29, 1.82) is 0 Å². The molecule has 0 bridgehead atoms. The third kappa shape index (κ3) is 6.20. The van der Waals surface area contributed by atoms with Crippen LogP contribution in [0.15, 0.2) is 33.8 Å². The van der Waals surface area contributed by atoms with Crippen LogP contribution in [-0.4, -0.2) is 52.7 Å². The second kappa shape index (κ2) is 11.0. The molecule has 32 heavy (non-hydrogen) atoms. The molecule has 10 nitrogen and oxygen atoms in total. The Bertz CT molecular complexity index is 1200. The molecule has 1 N–H and O–H groups in total. The maximum absolute atomic E-state index is 12.4. The lowest BCUT2D eigenvalue weighted by Crippen LogP contribution is -2.23. The predicted octanol–water partition coefficient (Wildman–Crippen LogP) is 2.37. The molecular weight excluding hydrogens is 456 g/mol. The first-order valence-corrected chi connectivity index (χ1v) is 11.6. The number of anilines is 1. The van der Waals surface area contributed by atoms with Crippen molar-refractivity contribution >= 4 is 56.9 Å². The van der Waals surface area contributed by atoms with E-state index in [-0.39, 0.29) is 30.6 Å². The van der Waals surface area contributed by atoms with E-state index in [0.717, 1.165) is 22.0 Å². The van der Waals surface area contributed by atoms with Gasteiger partial charge in [0, 0.05) is 6.07 Å². The number of hydrogen-bond acceptors (Lipinski definition) is 9. The minimum absolute atomic E-state index is 0.00222. The number of ether oxygens (including phenoxy) is 2. The molecule has 12 heteroatoms. The highest BCUT2D eigenvalue weighted by atomic mass is 32.2. The summed E-state index contributed by atoms with van der Waals surface area (Å²) in [4.78, 5) is 41.0. The van der Waals surface area contributed by atoms with Crippen LogP contribution in [-0.2, 0) is 25.7 Å². The SMILES string of the molecule is CCOC(=O)Cn1c(=NC(=O)CSCC(=O)Nc2cc(C)on2)sc2cc(OC)ccc21. The molecule has 0 aliphatic heterocycles. The van der Waals surface area contributed by atoms with Crippen LogP contribution in [0.5, 0.6) is 5.75 Å². The molecule has 0 aliphatic carbocycles. The van der Waals surface area contributed by atoms with E-state index in [4.69, 9.17) is 14.0 Å². The Morgan fingerprint density at radius 1 is 1.28 bits per heavy atom. The molecule has 0 atom stereocenters. The average molecular weight is 479 g/mol. The zero-order valence-corrected chi connectivity index (χ0v) is 19.4. The van der Waals surface area contributed by atoms with Gasteiger partial charge >= 0.3 is 5.97 Å². The van der Waals surface area contributed by atoms with E-state index in [1.165, 1.54) is 11.3 Å². The summed E-state index contributed by atoms with van der Waals surface area (Å²) in [6, 6.07) is 6.99. The van der Waals surface area contributed by atoms with E-state index in [0.29, 0.717) is 22.1 Å². The molecule has 0 radical (unpaired) electrons. The number of carbonyl (C=O) groups excluding carboxylic acids is 3. The number of aryl methyl sites for hydroxylation is 1. The van der Waals surface area contributed by atoms with Crippen molar-refractivity contribution in [3.63, 3.8) is 0 Å². The summed E-state index contributed by atoms with van der Waals surface area (Å²) in [6.07, 6.45) is 0. The van der Waals surface area contributed by atoms with Crippen LogP contribution in [0, 0.1) is 6.92 Å². The fourth-order valence-corrected chi connectivity index (χ4v) is 4.40. The summed E-state index contributed by atoms with van der Waals surface area (Å²) in [6.45, 7) is 3.63. The van der Waals surface area contributed by atoms with Crippen LogP contribution in [0.2, 0.25) is 0 Å². The minimum Gasteiger partial charge on any atom is -0.497 e. The molecule has 2 heterocycles. The maximum atomic E-state index is 12.4. The number of nitrogens with one attached hydrogen (secondary N) is 1. The second-order valence-corrected chi connectivity index (χ2v) is 8.47. The number of rotatable bonds is 9. The molecule has 170 valence electrons. The van der Waals surface area contributed by atoms with E-state index in [2.05, 4.69) is 15.5 Å². The van der Waals surface area contributed by atoms with Crippen LogP contribution in [0.3, 0.4) is 0 Å². The lowest BCUT2D eigenvalue weighted by molar-refractivity contribution is -0.143. The third-order valence-electron chi connectivity index (χ3n) is 4.06. The molecule has 3 aromatic rings. The number of methoxy groups -OCH3 is 1. The Morgan fingerprint density at radius 2 is 2.09 bits per heavy atom. The number of hydrogen-bond donors (Lipinski definition) is 1. The van der Waals surface area contributed by atoms with E-state index < -0.39 is 11.9 Å². The number of aromatic nitrogens is 2. The molecular formula is C20H22N4O6S2. The number of thioether (sulfide) groups is 1. The molecule has 0 saturated heterocycles. The van der Waals surface area contributed by atoms with Crippen LogP contribution in [0.25, 0.3) is 10.2 Å². The predicted molar refractivity (Wildman–Crippen MR) is 121 cm³/mol. The van der Waals surface area contributed by atoms with Gasteiger partial charge in [0.15, 0.2) is 10.6 Å². The zero-order chi connectivity index (χ0) is 23.1. The number of esters is 1. The largest absolute Gasteiger partial charge is 0.497 e. The first-order chi connectivity index (χ1) is 15.4. The fourth-order valence-electron chi connectivity index (χ4n) is 2.73. The van der Waals surface area contributed by atoms with Crippen molar-refractivity contribution in [3.05, 3.63) is 34.8 Å². The summed E-state index contributed by atoms with van der Waals surface area (Å²) in [5.74, 6) is 0.472. The van der Waals surface area contributed by atoms with Gasteiger partial charge in [-0.2, -0.15) is 4.99 Å². The van der Waals surface area contributed by atoms with Gasteiger partial charge in [0.2, 0.25) is 5.91 Å². The monoisotopic (exact) mass is 478 g/mol. The molecule has 0 unspecified atom stereocenters. The Hall–Kier alpha value is -3.12. The summed E-state index contributed by atoms with van der Waals surface area (Å²) < 4.78 is 17.6. The average Bonchev–Trinajstić information content (AvgIpc) is 3.30. The van der Waals surface area contributed by atoms with Gasteiger partial charge in [-0.25, -0.2) is 0 Å². The highest BCUT2D eigenvalue weighted by molar-refractivity contribution is 8.00. The van der Waals surface area contributed by atoms with E-state index in [9.17, 15) is 14.4 Å². The first-order valence-electron chi connectivity index (χ1n) is 9.61. The maximum Gasteiger partial charge on any atom is 0.326 e. The minimum atomic E-state index is -0.425. The van der Waals surface area contributed by atoms with Gasteiger partial charge in [-0.15, -0.1) is 11.8 Å². The molecule has 0 aliphatic rings. The van der Waals surface area contributed by atoms with Gasteiger partial charge < -0.3 is 23.9 Å². The van der Waals surface area contributed by atoms with Crippen molar-refractivity contribution in [3.8, 4) is 5.75 Å². The molecule has 0 saturated carbocycles. The molecule has 0 spiro atoms. The van der Waals surface area contributed by atoms with Crippen LogP contribution in [0.1, 0.15) is 12.7 Å². The highest BCUT2D eigenvalue weighted by Crippen LogP contribution is 2.23. The van der Waals surface area contributed by atoms with Gasteiger partial charge in [-0.3, -0.25) is 14.4 Å². The van der Waals surface area contributed by atoms with Gasteiger partial charge in [0.05, 0.1) is 35.4 Å². The van der Waals surface area contributed by atoms with Gasteiger partial charge in [-0.05, 0) is 32.0 Å². The lowest BCUT2D eigenvalue weighted by Gasteiger charge is -2.05. The third-order valence-corrected chi connectivity index (χ3v) is 6.02. The second-order valence-electron chi connectivity index (χ2n) is 6.48. The smallest absolute Gasteiger partial charge is 0.326 e. The van der Waals surface area contributed by atoms with Crippen LogP contribution < -0.4 is 14.9 Å². The summed E-state index contributed by atoms with van der Waals surface area (Å²) in [5.41, 5.74) is 0.741. The summed E-state index contributed by atoms with van der Waals surface area (Å²) >= 11 is 2.39. The quantitative estimate of drug-likeness (QED) is 0.465. The summed E-state index contributed by atoms with van der Waals surface area (Å²) in [7, 11) is 1.56. The Balaban J connectivity index is 1.71. The zero-order valence-electron chi connectivity index (χ0n) is 17.7. The molecule has 2 aromatic heterocycles. The first kappa shape index (κ1) is 23.5. The van der Waals surface area contributed by atoms with Gasteiger partial charge in [0.25, 0.3) is 5.91 Å². The highest BCUT2D eigenvalue weighted by Gasteiger charge is 2.14. The van der Waals surface area contributed by atoms with Gasteiger partial charge in [-0.1, -0.05) is 16.5 Å². The summed E-state index contributed by atoms with van der Waals surface area (Å²) in [5, 5.41) is 6.27. The molecule has 3 rings (SSSR count). The number of amides is 2. The standard InChI is InChI=1S/C20H22N4O6S2/c1-4-29-19(27)9-24-14-6-5-13(28-3)8-15(14)32-20(24)22-18(26)11-31-10-17(25)21-16-7-12(2)30-23-16/h5-8H,4,9-11H2,1-3H3,(H,21,23,25). The molecule has 0 fully saturated rings. The number of nitrogens with zero attached hydrogens (tertiary/aromatic N) is 3. The van der Waals surface area contributed by atoms with Crippen molar-refractivity contribution < 1.29 is 28.4 Å². The van der Waals surface area contributed by atoms with Gasteiger partial charge in [0.1, 0.15) is 18.1 Å². The molecule has 2 amide bonds. The Morgan fingerprint density at radius 3 is 2.78 bits per heavy atom. The Labute approximate surface area is 191 Å². The van der Waals surface area contributed by atoms with Crippen LogP contribution in [0.4, 0.5) is 5.82 Å². The number of benzene rings is 1. The topological polar surface area (TPSA) is 125 Å². The number of carbonyl (C=O) groups is 3. The lowest BCUT2D eigenvalue weighted by atomic mass is 10.3.